The van der Waals surface area contributed by atoms with Gasteiger partial charge in [-0.15, -0.1) is 0 Å². The highest BCUT2D eigenvalue weighted by atomic mass is 17.3. The standard InChI is InChI=1S/C20H31NO6.CH4O/c1-14-9-16-11-15(2)20(17(10-14)12-16)25-19(26-27-20)3-5-21(6-4-19)18(23)13-24-8-7-22;1-2/h7,14-17H,3-6,8-13H2,1-2H3;2H,1H3. The van der Waals surface area contributed by atoms with E-state index in [0.717, 1.165) is 32.3 Å². The van der Waals surface area contributed by atoms with E-state index in [2.05, 4.69) is 13.8 Å². The highest BCUT2D eigenvalue weighted by molar-refractivity contribution is 5.77. The Morgan fingerprint density at radius 2 is 1.86 bits per heavy atom. The van der Waals surface area contributed by atoms with E-state index in [-0.39, 0.29) is 19.1 Å². The molecule has 0 aromatic carbocycles. The summed E-state index contributed by atoms with van der Waals surface area (Å²) < 4.78 is 11.7. The molecule has 8 nitrogen and oxygen atoms in total. The Morgan fingerprint density at radius 3 is 2.55 bits per heavy atom. The average molecular weight is 414 g/mol. The molecule has 2 aliphatic carbocycles. The topological polar surface area (TPSA) is 94.5 Å². The lowest BCUT2D eigenvalue weighted by atomic mass is 9.62. The molecular weight excluding hydrogens is 378 g/mol. The van der Waals surface area contributed by atoms with Crippen LogP contribution in [0.1, 0.15) is 52.4 Å². The van der Waals surface area contributed by atoms with Gasteiger partial charge in [0.2, 0.25) is 17.5 Å². The second kappa shape index (κ2) is 9.39. The van der Waals surface area contributed by atoms with E-state index in [9.17, 15) is 9.59 Å². The van der Waals surface area contributed by atoms with Crippen molar-refractivity contribution in [1.82, 2.24) is 4.90 Å². The minimum Gasteiger partial charge on any atom is -0.400 e. The van der Waals surface area contributed by atoms with Gasteiger partial charge in [0.15, 0.2) is 0 Å². The molecule has 5 atom stereocenters. The lowest BCUT2D eigenvalue weighted by molar-refractivity contribution is -0.380. The minimum absolute atomic E-state index is 0.0508. The Labute approximate surface area is 172 Å². The van der Waals surface area contributed by atoms with E-state index in [1.54, 1.807) is 4.90 Å². The van der Waals surface area contributed by atoms with Gasteiger partial charge in [0, 0.05) is 44.9 Å². The molecule has 1 amide bonds. The Balaban J connectivity index is 0.00000117. The van der Waals surface area contributed by atoms with Gasteiger partial charge < -0.3 is 24.3 Å². The summed E-state index contributed by atoms with van der Waals surface area (Å²) in [6, 6.07) is 0. The largest absolute Gasteiger partial charge is 0.400 e. The van der Waals surface area contributed by atoms with Crippen LogP contribution in [0.2, 0.25) is 0 Å². The summed E-state index contributed by atoms with van der Waals surface area (Å²) in [5.41, 5.74) is 0. The van der Waals surface area contributed by atoms with Gasteiger partial charge in [0.25, 0.3) is 0 Å². The first-order valence-electron chi connectivity index (χ1n) is 10.8. The number of rotatable bonds is 4. The third-order valence-electron chi connectivity index (χ3n) is 6.94. The lowest BCUT2D eigenvalue weighted by Gasteiger charge is -2.50. The smallest absolute Gasteiger partial charge is 0.248 e. The van der Waals surface area contributed by atoms with Crippen molar-refractivity contribution in [2.24, 2.45) is 23.7 Å². The molecule has 2 saturated carbocycles. The van der Waals surface area contributed by atoms with Crippen LogP contribution in [0.5, 0.6) is 0 Å². The molecule has 2 saturated heterocycles. The van der Waals surface area contributed by atoms with Crippen molar-refractivity contribution in [2.75, 3.05) is 33.4 Å². The number of likely N-dealkylation sites (tertiary alicyclic amines) is 1. The van der Waals surface area contributed by atoms with Crippen molar-refractivity contribution in [3.8, 4) is 0 Å². The second-order valence-electron chi connectivity index (χ2n) is 8.98. The Bertz CT molecular complexity index is 573. The summed E-state index contributed by atoms with van der Waals surface area (Å²) in [6.45, 7) is 5.52. The van der Waals surface area contributed by atoms with Crippen LogP contribution < -0.4 is 0 Å². The molecule has 29 heavy (non-hydrogen) atoms. The summed E-state index contributed by atoms with van der Waals surface area (Å²) in [7, 11) is 1.00. The van der Waals surface area contributed by atoms with Gasteiger partial charge in [-0.2, -0.15) is 9.78 Å². The lowest BCUT2D eigenvalue weighted by Crippen LogP contribution is -2.55. The number of carbonyl (C=O) groups is 2. The number of aliphatic hydroxyl groups is 1. The number of hydrogen-bond donors (Lipinski definition) is 1. The van der Waals surface area contributed by atoms with Gasteiger partial charge >= 0.3 is 0 Å². The molecule has 0 radical (unpaired) electrons. The zero-order valence-corrected chi connectivity index (χ0v) is 17.8. The van der Waals surface area contributed by atoms with Crippen LogP contribution in [0.4, 0.5) is 0 Å². The van der Waals surface area contributed by atoms with Crippen molar-refractivity contribution in [2.45, 2.75) is 63.9 Å². The number of fused-ring (bicyclic) bond motifs is 3. The molecule has 0 aromatic heterocycles. The Morgan fingerprint density at radius 1 is 1.14 bits per heavy atom. The van der Waals surface area contributed by atoms with Crippen molar-refractivity contribution in [1.29, 1.82) is 0 Å². The first-order chi connectivity index (χ1) is 14.0. The molecule has 2 heterocycles. The minimum atomic E-state index is -0.748. The predicted octanol–water partition coefficient (Wildman–Crippen LogP) is 1.90. The predicted molar refractivity (Wildman–Crippen MR) is 103 cm³/mol. The first kappa shape index (κ1) is 22.6. The van der Waals surface area contributed by atoms with Crippen LogP contribution in [-0.2, 0) is 28.8 Å². The van der Waals surface area contributed by atoms with Crippen LogP contribution in [0, 0.1) is 23.7 Å². The molecule has 8 heteroatoms. The van der Waals surface area contributed by atoms with Crippen LogP contribution in [0.3, 0.4) is 0 Å². The van der Waals surface area contributed by atoms with E-state index >= 15 is 0 Å². The van der Waals surface area contributed by atoms with Gasteiger partial charge in [0.05, 0.1) is 0 Å². The van der Waals surface area contributed by atoms with E-state index in [1.165, 1.54) is 6.42 Å². The molecular formula is C21H35NO7. The van der Waals surface area contributed by atoms with E-state index in [1.807, 2.05) is 0 Å². The zero-order valence-electron chi connectivity index (χ0n) is 17.8. The molecule has 2 spiro atoms. The number of aliphatic hydroxyl groups excluding tert-OH is 1. The second-order valence-corrected chi connectivity index (χ2v) is 8.98. The number of piperidine rings is 1. The van der Waals surface area contributed by atoms with Crippen LogP contribution in [0.15, 0.2) is 0 Å². The van der Waals surface area contributed by atoms with Gasteiger partial charge in [-0.3, -0.25) is 4.79 Å². The normalized spacial score (nSPS) is 37.9. The number of hydrogen-bond acceptors (Lipinski definition) is 7. The van der Waals surface area contributed by atoms with E-state index in [4.69, 9.17) is 24.4 Å². The summed E-state index contributed by atoms with van der Waals surface area (Å²) in [5.74, 6) is 0.680. The summed E-state index contributed by atoms with van der Waals surface area (Å²) in [4.78, 5) is 36.1. The third kappa shape index (κ3) is 4.51. The molecule has 5 unspecified atom stereocenters. The Hall–Kier alpha value is -1.06. The van der Waals surface area contributed by atoms with Crippen LogP contribution in [0.25, 0.3) is 0 Å². The maximum Gasteiger partial charge on any atom is 0.248 e. The number of aldehydes is 1. The monoisotopic (exact) mass is 413 g/mol. The third-order valence-corrected chi connectivity index (χ3v) is 6.94. The van der Waals surface area contributed by atoms with E-state index in [0.29, 0.717) is 50.0 Å². The SMILES string of the molecule is CC1CC2CC(C)C3(OOC4(CCN(C(=O)COCC=O)CC4)O3)C(C1)C2.CO. The van der Waals surface area contributed by atoms with Crippen molar-refractivity contribution < 1.29 is 33.9 Å². The molecule has 4 fully saturated rings. The number of nitrogens with zero attached hydrogens (tertiary/aromatic N) is 1. The number of amides is 1. The summed E-state index contributed by atoms with van der Waals surface area (Å²) in [6.07, 6.45) is 6.55. The van der Waals surface area contributed by atoms with Gasteiger partial charge in [-0.05, 0) is 37.5 Å². The number of carbonyl (C=O) groups excluding carboxylic acids is 2. The average Bonchev–Trinajstić information content (AvgIpc) is 3.09. The van der Waals surface area contributed by atoms with Crippen molar-refractivity contribution >= 4 is 12.2 Å². The molecule has 4 aliphatic rings. The summed E-state index contributed by atoms with van der Waals surface area (Å²) in [5, 5.41) is 7.00. The van der Waals surface area contributed by atoms with Gasteiger partial charge in [0.1, 0.15) is 19.5 Å². The molecule has 166 valence electrons. The van der Waals surface area contributed by atoms with Crippen LogP contribution in [-0.4, -0.2) is 67.2 Å². The van der Waals surface area contributed by atoms with Gasteiger partial charge in [-0.1, -0.05) is 13.8 Å². The highest BCUT2D eigenvalue weighted by Gasteiger charge is 2.63. The summed E-state index contributed by atoms with van der Waals surface area (Å²) >= 11 is 0. The van der Waals surface area contributed by atoms with Crippen LogP contribution >= 0.6 is 0 Å². The van der Waals surface area contributed by atoms with Crippen molar-refractivity contribution in [3.63, 3.8) is 0 Å². The fourth-order valence-electron chi connectivity index (χ4n) is 5.70. The number of ether oxygens (including phenoxy) is 2. The quantitative estimate of drug-likeness (QED) is 0.427. The molecule has 2 bridgehead atoms. The highest BCUT2D eigenvalue weighted by Crippen LogP contribution is 2.57. The maximum atomic E-state index is 12.2. The zero-order chi connectivity index (χ0) is 21.1. The fraction of sp³-hybridized carbons (Fsp3) is 0.905. The van der Waals surface area contributed by atoms with Crippen molar-refractivity contribution in [3.05, 3.63) is 0 Å². The first-order valence-corrected chi connectivity index (χ1v) is 10.8. The molecule has 1 N–H and O–H groups in total. The fourth-order valence-corrected chi connectivity index (χ4v) is 5.70. The molecule has 4 rings (SSSR count). The van der Waals surface area contributed by atoms with E-state index < -0.39 is 11.6 Å². The molecule has 0 aromatic rings. The molecule has 2 aliphatic heterocycles. The van der Waals surface area contributed by atoms with Gasteiger partial charge in [-0.25, -0.2) is 0 Å². The Kier molecular flexibility index (Phi) is 7.32. The maximum absolute atomic E-state index is 12.2.